The fraction of sp³-hybridized carbons (Fsp3) is 0.243. The molecule has 14 rings (SSSR count). The lowest BCUT2D eigenvalue weighted by molar-refractivity contribution is -0.0281. The zero-order valence-corrected chi connectivity index (χ0v) is 44.9. The summed E-state index contributed by atoms with van der Waals surface area (Å²) in [5.74, 6) is 1.60. The van der Waals surface area contributed by atoms with Crippen LogP contribution in [0.3, 0.4) is 0 Å². The lowest BCUT2D eigenvalue weighted by atomic mass is 9.42. The van der Waals surface area contributed by atoms with E-state index in [2.05, 4.69) is 256 Å². The van der Waals surface area contributed by atoms with Crippen LogP contribution >= 0.6 is 0 Å². The van der Waals surface area contributed by atoms with Crippen LogP contribution in [0.4, 0.5) is 34.1 Å². The van der Waals surface area contributed by atoms with E-state index < -0.39 is 0 Å². The van der Waals surface area contributed by atoms with Gasteiger partial charge in [0.2, 0.25) is 0 Å². The highest BCUT2D eigenvalue weighted by Crippen LogP contribution is 2.66. The van der Waals surface area contributed by atoms with Gasteiger partial charge in [-0.1, -0.05) is 179 Å². The molecule has 376 valence electrons. The van der Waals surface area contributed by atoms with Crippen molar-refractivity contribution in [2.75, 3.05) is 9.80 Å². The average Bonchev–Trinajstić information content (AvgIpc) is 3.81. The van der Waals surface area contributed by atoms with E-state index in [4.69, 9.17) is 0 Å². The molecule has 0 spiro atoms. The van der Waals surface area contributed by atoms with Crippen LogP contribution in [-0.2, 0) is 22.7 Å². The zero-order chi connectivity index (χ0) is 51.6. The van der Waals surface area contributed by atoms with E-state index in [1.807, 2.05) is 6.08 Å². The Morgan fingerprint density at radius 2 is 0.895 bits per heavy atom. The molecule has 5 aliphatic carbocycles. The molecule has 0 radical (unpaired) electrons. The fourth-order valence-electron chi connectivity index (χ4n) is 14.9. The van der Waals surface area contributed by atoms with E-state index >= 15 is 0 Å². The van der Waals surface area contributed by atoms with Crippen molar-refractivity contribution >= 4 is 40.2 Å². The maximum absolute atomic E-state index is 4.03. The highest BCUT2D eigenvalue weighted by atomic mass is 15.1. The number of unbranched alkanes of at least 4 members (excludes halogenated alkanes) is 1. The van der Waals surface area contributed by atoms with Crippen LogP contribution in [0.15, 0.2) is 219 Å². The monoisotopic (exact) mass is 987 g/mol. The highest BCUT2D eigenvalue weighted by Gasteiger charge is 2.58. The van der Waals surface area contributed by atoms with Gasteiger partial charge in [-0.25, -0.2) is 0 Å². The van der Waals surface area contributed by atoms with Crippen molar-refractivity contribution < 1.29 is 0 Å². The molecule has 0 N–H and O–H groups in total. The molecule has 0 aromatic heterocycles. The van der Waals surface area contributed by atoms with Gasteiger partial charge < -0.3 is 9.80 Å². The van der Waals surface area contributed by atoms with Gasteiger partial charge >= 0.3 is 0 Å². The van der Waals surface area contributed by atoms with Gasteiger partial charge in [-0.05, 0) is 227 Å². The van der Waals surface area contributed by atoms with Gasteiger partial charge in [0.25, 0.3) is 0 Å². The number of anilines is 6. The number of benzene rings is 9. The average molecular weight is 987 g/mol. The van der Waals surface area contributed by atoms with E-state index in [1.54, 1.807) is 5.56 Å². The number of nitrogens with zero attached hydrogens (tertiary/aromatic N) is 2. The molecule has 2 nitrogen and oxygen atoms in total. The second-order valence-corrected chi connectivity index (χ2v) is 23.7. The summed E-state index contributed by atoms with van der Waals surface area (Å²) < 4.78 is 0. The van der Waals surface area contributed by atoms with Crippen LogP contribution in [-0.4, -0.2) is 0 Å². The maximum Gasteiger partial charge on any atom is 0.0462 e. The Morgan fingerprint density at radius 1 is 0.474 bits per heavy atom. The van der Waals surface area contributed by atoms with Gasteiger partial charge in [0.05, 0.1) is 0 Å². The van der Waals surface area contributed by atoms with Crippen molar-refractivity contribution in [3.63, 3.8) is 0 Å². The van der Waals surface area contributed by atoms with Gasteiger partial charge in [-0.2, -0.15) is 0 Å². The Balaban J connectivity index is 0.780. The quantitative estimate of drug-likeness (QED) is 0.107. The minimum absolute atomic E-state index is 0.0363. The van der Waals surface area contributed by atoms with Crippen molar-refractivity contribution in [3.8, 4) is 33.4 Å². The normalized spacial score (nSPS) is 20.5. The summed E-state index contributed by atoms with van der Waals surface area (Å²) in [6.45, 7) is 13.2. The maximum atomic E-state index is 4.03. The Kier molecular flexibility index (Phi) is 12.1. The molecular formula is C74H70N2. The van der Waals surface area contributed by atoms with Crippen molar-refractivity contribution in [1.29, 1.82) is 0 Å². The molecule has 2 heteroatoms. The molecule has 0 heterocycles. The summed E-state index contributed by atoms with van der Waals surface area (Å²) in [5.41, 5.74) is 24.7. The summed E-state index contributed by atoms with van der Waals surface area (Å²) in [6.07, 6.45) is 13.5. The first kappa shape index (κ1) is 48.0. The van der Waals surface area contributed by atoms with Crippen LogP contribution in [0.25, 0.3) is 39.5 Å². The number of hydrogen-bond acceptors (Lipinski definition) is 2. The lowest BCUT2D eigenvalue weighted by Crippen LogP contribution is -2.55. The molecule has 0 aliphatic heterocycles. The summed E-state index contributed by atoms with van der Waals surface area (Å²) >= 11 is 0. The molecule has 2 atom stereocenters. The molecule has 0 amide bonds. The molecule has 4 saturated carbocycles. The molecular weight excluding hydrogens is 917 g/mol. The van der Waals surface area contributed by atoms with Gasteiger partial charge in [-0.3, -0.25) is 0 Å². The van der Waals surface area contributed by atoms with Gasteiger partial charge in [0, 0.05) is 39.5 Å². The second kappa shape index (κ2) is 19.2. The first-order valence-corrected chi connectivity index (χ1v) is 28.2. The lowest BCUT2D eigenvalue weighted by Gasteiger charge is -2.63. The third-order valence-electron chi connectivity index (χ3n) is 18.5. The fourth-order valence-corrected chi connectivity index (χ4v) is 14.9. The van der Waals surface area contributed by atoms with E-state index in [9.17, 15) is 0 Å². The van der Waals surface area contributed by atoms with Gasteiger partial charge in [0.15, 0.2) is 0 Å². The van der Waals surface area contributed by atoms with Crippen LogP contribution in [0.5, 0.6) is 0 Å². The molecule has 5 aliphatic rings. The van der Waals surface area contributed by atoms with Crippen molar-refractivity contribution in [3.05, 3.63) is 258 Å². The zero-order valence-electron chi connectivity index (χ0n) is 44.9. The number of rotatable bonds is 14. The Labute approximate surface area is 452 Å². The molecule has 0 saturated heterocycles. The van der Waals surface area contributed by atoms with Crippen LogP contribution in [0, 0.1) is 18.8 Å². The summed E-state index contributed by atoms with van der Waals surface area (Å²) in [4.78, 5) is 4.83. The van der Waals surface area contributed by atoms with E-state index in [0.29, 0.717) is 0 Å². The van der Waals surface area contributed by atoms with Crippen LogP contribution in [0.2, 0.25) is 0 Å². The highest BCUT2D eigenvalue weighted by molar-refractivity contribution is 5.85. The first-order valence-electron chi connectivity index (χ1n) is 28.2. The largest absolute Gasteiger partial charge is 0.311 e. The predicted molar refractivity (Wildman–Crippen MR) is 322 cm³/mol. The van der Waals surface area contributed by atoms with E-state index in [1.165, 1.54) is 130 Å². The smallest absolute Gasteiger partial charge is 0.0462 e. The second-order valence-electron chi connectivity index (χ2n) is 23.7. The van der Waals surface area contributed by atoms with Crippen LogP contribution < -0.4 is 9.80 Å². The SMILES string of the molecule is C=Cc1ccc(C23CC4CC(C2)CC(c2ccc(N(c5ccc(CCCC)cc5)c5ccc(-c6ccc(N(c7ccc(C)cc7)c7ccc(-c8ccc9c(c8)C(C)(C)c8ccccc8-9)cc7)cc6)cc5)cc2)(C4)C3)cc1. The predicted octanol–water partition coefficient (Wildman–Crippen LogP) is 20.4. The molecule has 4 fully saturated rings. The van der Waals surface area contributed by atoms with E-state index in [0.717, 1.165) is 41.0 Å². The Morgan fingerprint density at radius 3 is 1.39 bits per heavy atom. The van der Waals surface area contributed by atoms with Crippen molar-refractivity contribution in [2.45, 2.75) is 102 Å². The number of aryl methyl sites for hydroxylation is 2. The van der Waals surface area contributed by atoms with Crippen LogP contribution in [0.1, 0.15) is 111 Å². The van der Waals surface area contributed by atoms with Gasteiger partial charge in [-0.15, -0.1) is 0 Å². The minimum atomic E-state index is -0.0363. The third kappa shape index (κ3) is 8.51. The molecule has 2 unspecified atom stereocenters. The molecule has 9 aromatic rings. The number of fused-ring (bicyclic) bond motifs is 3. The molecule has 4 bridgehead atoms. The topological polar surface area (TPSA) is 6.48 Å². The standard InChI is InChI=1S/C74H70N2/c1-6-8-11-53-18-33-63(34-19-53)76(67-41-29-61(30-42-67)74-48-54-44-55(49-74)47-73(46-54,50-74)60-27-16-52(7-2)17-28-60)65-37-22-57(23-38-65)56-20-35-64(36-21-56)75(62-31-14-51(3)15-32-62)66-39-24-58(25-40-66)59-26-43-69-68-12-9-10-13-70(68)72(4,5)71(69)45-59/h7,9-10,12-43,45,54-55H,2,6,8,11,44,46-50H2,1,3-5H3. The first-order chi connectivity index (χ1) is 37.1. The summed E-state index contributed by atoms with van der Waals surface area (Å²) in [5, 5.41) is 0. The molecule has 9 aromatic carbocycles. The van der Waals surface area contributed by atoms with Gasteiger partial charge in [0.1, 0.15) is 0 Å². The Hall–Kier alpha value is -7.68. The third-order valence-corrected chi connectivity index (χ3v) is 18.5. The summed E-state index contributed by atoms with van der Waals surface area (Å²) in [7, 11) is 0. The van der Waals surface area contributed by atoms with Crippen molar-refractivity contribution in [1.82, 2.24) is 0 Å². The summed E-state index contributed by atoms with van der Waals surface area (Å²) in [6, 6.07) is 80.8. The molecule has 76 heavy (non-hydrogen) atoms. The number of hydrogen-bond donors (Lipinski definition) is 0. The Bertz CT molecular complexity index is 3530. The van der Waals surface area contributed by atoms with Crippen molar-refractivity contribution in [2.24, 2.45) is 11.8 Å². The van der Waals surface area contributed by atoms with E-state index in [-0.39, 0.29) is 16.2 Å². The minimum Gasteiger partial charge on any atom is -0.311 e.